The zero-order chi connectivity index (χ0) is 34.4. The molecule has 1 amide bonds. The number of hydrogen-bond acceptors (Lipinski definition) is 5. The summed E-state index contributed by atoms with van der Waals surface area (Å²) in [6, 6.07) is 0. The Balaban J connectivity index is 1.31. The van der Waals surface area contributed by atoms with Gasteiger partial charge >= 0.3 is 11.9 Å². The Hall–Kier alpha value is -1.85. The van der Waals surface area contributed by atoms with Crippen molar-refractivity contribution >= 4 is 17.8 Å². The third-order valence-electron chi connectivity index (χ3n) is 15.8. The van der Waals surface area contributed by atoms with Crippen LogP contribution in [0.15, 0.2) is 12.2 Å². The fraction of sp³-hybridized carbons (Fsp3) is 0.878. The second kappa shape index (κ2) is 13.5. The van der Waals surface area contributed by atoms with E-state index in [9.17, 15) is 14.4 Å². The lowest BCUT2D eigenvalue weighted by Gasteiger charge is -2.72. The van der Waals surface area contributed by atoms with Gasteiger partial charge in [0.2, 0.25) is 5.91 Å². The number of carbonyl (C=O) groups excluding carboxylic acids is 3. The maximum absolute atomic E-state index is 14.3. The lowest BCUT2D eigenvalue weighted by Crippen LogP contribution is -2.67. The molecule has 0 aromatic rings. The third kappa shape index (κ3) is 6.02. The number of hydrogen-bond donors (Lipinski definition) is 1. The molecule has 0 saturated heterocycles. The summed E-state index contributed by atoms with van der Waals surface area (Å²) < 4.78 is 10.7. The third-order valence-corrected chi connectivity index (χ3v) is 15.8. The summed E-state index contributed by atoms with van der Waals surface area (Å²) in [4.78, 5) is 37.7. The first kappa shape index (κ1) is 36.4. The quantitative estimate of drug-likeness (QED) is 0.137. The number of rotatable bonds is 11. The minimum atomic E-state index is -0.275. The Kier molecular flexibility index (Phi) is 10.4. The molecule has 6 heteroatoms. The largest absolute Gasteiger partial charge is 0.469 e. The van der Waals surface area contributed by atoms with E-state index in [0.29, 0.717) is 41.9 Å². The van der Waals surface area contributed by atoms with Gasteiger partial charge in [-0.1, -0.05) is 66.0 Å². The van der Waals surface area contributed by atoms with Crippen LogP contribution in [0, 0.1) is 56.7 Å². The summed E-state index contributed by atoms with van der Waals surface area (Å²) in [7, 11) is 1.45. The standard InChI is InChI=1S/C41H67NO5/c1-27(2)29-18-23-41(36(45)42-26-14-12-10-11-13-15-34(44)46-9)25-24-39(7)30(35(29)41)16-17-32-38(6)21-20-33(47-28(3)43)37(4,5)31(38)19-22-40(32,39)8/h29-33,35H,1,10-26H2,2-9H3,(H,42,45)/t29-,30+,31-,32?,33?,35+,38-,39+,40+,41-/m0/s1. The van der Waals surface area contributed by atoms with Gasteiger partial charge in [0.1, 0.15) is 6.10 Å². The number of esters is 2. The van der Waals surface area contributed by atoms with Crippen molar-refractivity contribution in [2.75, 3.05) is 13.7 Å². The van der Waals surface area contributed by atoms with Crippen molar-refractivity contribution in [1.82, 2.24) is 5.32 Å². The normalized spacial score (nSPS) is 41.8. The molecule has 47 heavy (non-hydrogen) atoms. The molecule has 0 aromatic carbocycles. The molecular weight excluding hydrogens is 586 g/mol. The highest BCUT2D eigenvalue weighted by molar-refractivity contribution is 5.84. The van der Waals surface area contributed by atoms with Gasteiger partial charge in [0.15, 0.2) is 0 Å². The topological polar surface area (TPSA) is 81.7 Å². The molecule has 5 aliphatic carbocycles. The minimum Gasteiger partial charge on any atom is -0.469 e. The summed E-state index contributed by atoms with van der Waals surface area (Å²) in [5.41, 5.74) is 1.62. The number of nitrogens with one attached hydrogen (secondary N) is 1. The molecule has 0 heterocycles. The number of allylic oxidation sites excluding steroid dienone is 1. The molecule has 6 nitrogen and oxygen atoms in total. The van der Waals surface area contributed by atoms with Crippen molar-refractivity contribution in [3.05, 3.63) is 12.2 Å². The molecule has 1 N–H and O–H groups in total. The van der Waals surface area contributed by atoms with E-state index in [0.717, 1.165) is 77.2 Å². The van der Waals surface area contributed by atoms with Gasteiger partial charge < -0.3 is 14.8 Å². The maximum Gasteiger partial charge on any atom is 0.305 e. The Morgan fingerprint density at radius 3 is 2.15 bits per heavy atom. The Morgan fingerprint density at radius 2 is 1.47 bits per heavy atom. The highest BCUT2D eigenvalue weighted by atomic mass is 16.5. The van der Waals surface area contributed by atoms with Crippen LogP contribution in [0.2, 0.25) is 0 Å². The second-order valence-electron chi connectivity index (χ2n) is 18.1. The van der Waals surface area contributed by atoms with Crippen LogP contribution in [-0.2, 0) is 23.9 Å². The maximum atomic E-state index is 14.3. The summed E-state index contributed by atoms with van der Waals surface area (Å²) in [6.07, 6.45) is 16.7. The van der Waals surface area contributed by atoms with E-state index in [1.165, 1.54) is 38.4 Å². The van der Waals surface area contributed by atoms with E-state index in [-0.39, 0.29) is 45.1 Å². The van der Waals surface area contributed by atoms with Gasteiger partial charge in [-0.15, -0.1) is 0 Å². The van der Waals surface area contributed by atoms with E-state index in [1.807, 2.05) is 0 Å². The zero-order valence-electron chi connectivity index (χ0n) is 31.2. The second-order valence-corrected chi connectivity index (χ2v) is 18.1. The van der Waals surface area contributed by atoms with Crippen LogP contribution < -0.4 is 5.32 Å². The van der Waals surface area contributed by atoms with E-state index in [1.54, 1.807) is 6.92 Å². The Morgan fingerprint density at radius 1 is 0.766 bits per heavy atom. The molecule has 0 spiro atoms. The van der Waals surface area contributed by atoms with Crippen molar-refractivity contribution in [2.45, 2.75) is 157 Å². The lowest BCUT2D eigenvalue weighted by molar-refractivity contribution is -0.248. The van der Waals surface area contributed by atoms with Crippen LogP contribution in [0.1, 0.15) is 151 Å². The molecule has 2 unspecified atom stereocenters. The molecule has 10 atom stereocenters. The first-order chi connectivity index (χ1) is 22.1. The van der Waals surface area contributed by atoms with Crippen LogP contribution in [0.25, 0.3) is 0 Å². The summed E-state index contributed by atoms with van der Waals surface area (Å²) in [5.74, 6) is 2.55. The average Bonchev–Trinajstić information content (AvgIpc) is 3.41. The van der Waals surface area contributed by atoms with Gasteiger partial charge in [0.05, 0.1) is 12.5 Å². The number of ether oxygens (including phenoxy) is 2. The lowest BCUT2D eigenvalue weighted by atomic mass is 9.32. The number of carbonyl (C=O) groups is 3. The Bertz CT molecular complexity index is 1210. The van der Waals surface area contributed by atoms with Crippen LogP contribution in [0.5, 0.6) is 0 Å². The molecule has 266 valence electrons. The average molecular weight is 654 g/mol. The fourth-order valence-corrected chi connectivity index (χ4v) is 13.3. The number of amides is 1. The molecule has 5 rings (SSSR count). The molecule has 5 saturated carbocycles. The van der Waals surface area contributed by atoms with E-state index in [2.05, 4.69) is 53.4 Å². The molecule has 5 aliphatic rings. The van der Waals surface area contributed by atoms with Crippen molar-refractivity contribution in [2.24, 2.45) is 56.7 Å². The van der Waals surface area contributed by atoms with Gasteiger partial charge in [-0.2, -0.15) is 0 Å². The van der Waals surface area contributed by atoms with Gasteiger partial charge in [-0.05, 0) is 130 Å². The van der Waals surface area contributed by atoms with Crippen molar-refractivity contribution in [3.63, 3.8) is 0 Å². The highest BCUT2D eigenvalue weighted by Crippen LogP contribution is 2.77. The molecule has 0 aromatic heterocycles. The first-order valence-corrected chi connectivity index (χ1v) is 19.3. The molecule has 0 bridgehead atoms. The molecule has 0 aliphatic heterocycles. The van der Waals surface area contributed by atoms with Crippen LogP contribution in [-0.4, -0.2) is 37.6 Å². The summed E-state index contributed by atoms with van der Waals surface area (Å²) in [6.45, 7) is 21.7. The predicted molar refractivity (Wildman–Crippen MR) is 187 cm³/mol. The van der Waals surface area contributed by atoms with E-state index < -0.39 is 0 Å². The van der Waals surface area contributed by atoms with Gasteiger partial charge in [0, 0.05) is 25.3 Å². The monoisotopic (exact) mass is 654 g/mol. The molecular formula is C41H67NO5. The highest BCUT2D eigenvalue weighted by Gasteiger charge is 2.72. The first-order valence-electron chi connectivity index (χ1n) is 19.3. The van der Waals surface area contributed by atoms with Gasteiger partial charge in [-0.3, -0.25) is 14.4 Å². The number of unbranched alkanes of at least 4 members (excludes halogenated alkanes) is 4. The van der Waals surface area contributed by atoms with Crippen molar-refractivity contribution in [1.29, 1.82) is 0 Å². The zero-order valence-corrected chi connectivity index (χ0v) is 31.2. The van der Waals surface area contributed by atoms with Gasteiger partial charge in [-0.25, -0.2) is 0 Å². The van der Waals surface area contributed by atoms with Crippen molar-refractivity contribution in [3.8, 4) is 0 Å². The minimum absolute atomic E-state index is 0.00421. The van der Waals surface area contributed by atoms with Gasteiger partial charge in [0.25, 0.3) is 0 Å². The summed E-state index contributed by atoms with van der Waals surface area (Å²) >= 11 is 0. The van der Waals surface area contributed by atoms with Crippen LogP contribution >= 0.6 is 0 Å². The Labute approximate surface area is 286 Å². The van der Waals surface area contributed by atoms with E-state index >= 15 is 0 Å². The van der Waals surface area contributed by atoms with Crippen LogP contribution in [0.3, 0.4) is 0 Å². The SMILES string of the molecule is C=C(C)[C@@H]1CC[C@]2(C(=O)NCCCCCCCC(=O)OC)CC[C@]3(C)[C@H](CCC4[C@@]5(C)CCC(OC(C)=O)C(C)(C)[C@@H]5CC[C@]43C)[C@@H]12. The molecule has 5 fully saturated rings. The smallest absolute Gasteiger partial charge is 0.305 e. The van der Waals surface area contributed by atoms with E-state index in [4.69, 9.17) is 9.47 Å². The fourth-order valence-electron chi connectivity index (χ4n) is 13.3. The number of methoxy groups -OCH3 is 1. The van der Waals surface area contributed by atoms with Crippen LogP contribution in [0.4, 0.5) is 0 Å². The predicted octanol–water partition coefficient (Wildman–Crippen LogP) is 9.21. The number of fused-ring (bicyclic) bond motifs is 7. The van der Waals surface area contributed by atoms with Crippen molar-refractivity contribution < 1.29 is 23.9 Å². The molecule has 0 radical (unpaired) electrons. The summed E-state index contributed by atoms with van der Waals surface area (Å²) in [5, 5.41) is 3.46.